The van der Waals surface area contributed by atoms with Gasteiger partial charge in [0.1, 0.15) is 0 Å². The Morgan fingerprint density at radius 3 is 2.62 bits per heavy atom. The van der Waals surface area contributed by atoms with E-state index in [2.05, 4.69) is 54.5 Å². The molecule has 0 radical (unpaired) electrons. The van der Waals surface area contributed by atoms with Crippen LogP contribution in [0.3, 0.4) is 0 Å². The van der Waals surface area contributed by atoms with Gasteiger partial charge in [-0.3, -0.25) is 0 Å². The van der Waals surface area contributed by atoms with E-state index in [-0.39, 0.29) is 0 Å². The number of hydrogen-bond donors (Lipinski definition) is 1. The Bertz CT molecular complexity index is 391. The lowest BCUT2D eigenvalue weighted by molar-refractivity contribution is 0.0979. The van der Waals surface area contributed by atoms with Crippen LogP contribution in [-0.2, 0) is 4.74 Å². The molecule has 0 heterocycles. The van der Waals surface area contributed by atoms with Crippen LogP contribution in [0.15, 0.2) is 30.3 Å². The van der Waals surface area contributed by atoms with Crippen molar-refractivity contribution >= 4 is 0 Å². The number of nitrogens with one attached hydrogen (secondary N) is 1. The van der Waals surface area contributed by atoms with Crippen molar-refractivity contribution in [2.75, 3.05) is 40.4 Å². The van der Waals surface area contributed by atoms with Crippen LogP contribution in [0.1, 0.15) is 31.4 Å². The fourth-order valence-corrected chi connectivity index (χ4v) is 2.88. The molecular weight excluding hydrogens is 260 g/mol. The Hall–Kier alpha value is -0.900. The third kappa shape index (κ3) is 5.77. The summed E-state index contributed by atoms with van der Waals surface area (Å²) in [4.78, 5) is 2.38. The van der Waals surface area contributed by atoms with Crippen molar-refractivity contribution in [1.82, 2.24) is 10.2 Å². The molecule has 1 saturated carbocycles. The molecule has 0 saturated heterocycles. The Labute approximate surface area is 129 Å². The molecule has 1 aromatic rings. The topological polar surface area (TPSA) is 24.5 Å². The maximum atomic E-state index is 5.72. The van der Waals surface area contributed by atoms with E-state index in [1.54, 1.807) is 0 Å². The Morgan fingerprint density at radius 2 is 2.00 bits per heavy atom. The molecule has 0 spiro atoms. The van der Waals surface area contributed by atoms with Crippen LogP contribution in [-0.4, -0.2) is 45.3 Å². The third-order valence-electron chi connectivity index (χ3n) is 4.31. The molecule has 2 rings (SSSR count). The molecular formula is C18H30N2O. The van der Waals surface area contributed by atoms with E-state index in [0.717, 1.165) is 32.2 Å². The first-order valence-corrected chi connectivity index (χ1v) is 8.19. The van der Waals surface area contributed by atoms with Crippen molar-refractivity contribution in [3.05, 3.63) is 35.9 Å². The fourth-order valence-electron chi connectivity index (χ4n) is 2.88. The maximum Gasteiger partial charge on any atom is 0.0593 e. The average Bonchev–Trinajstić information content (AvgIpc) is 3.30. The number of likely N-dealkylation sites (N-methyl/N-ethyl adjacent to an activating group) is 1. The van der Waals surface area contributed by atoms with E-state index in [1.807, 2.05) is 7.05 Å². The molecule has 2 atom stereocenters. The molecule has 0 amide bonds. The van der Waals surface area contributed by atoms with Gasteiger partial charge in [0.15, 0.2) is 0 Å². The van der Waals surface area contributed by atoms with Crippen LogP contribution in [0.2, 0.25) is 0 Å². The van der Waals surface area contributed by atoms with E-state index in [4.69, 9.17) is 4.74 Å². The highest BCUT2D eigenvalue weighted by Gasteiger charge is 2.21. The molecule has 21 heavy (non-hydrogen) atoms. The third-order valence-corrected chi connectivity index (χ3v) is 4.31. The van der Waals surface area contributed by atoms with Crippen molar-refractivity contribution in [3.63, 3.8) is 0 Å². The van der Waals surface area contributed by atoms with Crippen LogP contribution in [0.4, 0.5) is 0 Å². The van der Waals surface area contributed by atoms with E-state index in [1.165, 1.54) is 18.4 Å². The lowest BCUT2D eigenvalue weighted by atomic mass is 9.94. The molecule has 118 valence electrons. The summed E-state index contributed by atoms with van der Waals surface area (Å²) in [6.07, 6.45) is 2.74. The zero-order chi connectivity index (χ0) is 15.1. The molecule has 1 aromatic carbocycles. The maximum absolute atomic E-state index is 5.72. The highest BCUT2D eigenvalue weighted by atomic mass is 16.5. The summed E-state index contributed by atoms with van der Waals surface area (Å²) < 4.78 is 5.72. The largest absolute Gasteiger partial charge is 0.380 e. The second kappa shape index (κ2) is 8.52. The minimum Gasteiger partial charge on any atom is -0.380 e. The van der Waals surface area contributed by atoms with Gasteiger partial charge in [-0.15, -0.1) is 0 Å². The Morgan fingerprint density at radius 1 is 1.29 bits per heavy atom. The summed E-state index contributed by atoms with van der Waals surface area (Å²) in [5.74, 6) is 1.42. The van der Waals surface area contributed by atoms with Crippen LogP contribution < -0.4 is 5.32 Å². The summed E-state index contributed by atoms with van der Waals surface area (Å²) in [6, 6.07) is 11.1. The van der Waals surface area contributed by atoms with Crippen molar-refractivity contribution in [2.24, 2.45) is 11.8 Å². The van der Waals surface area contributed by atoms with E-state index < -0.39 is 0 Å². The first kappa shape index (κ1) is 16.5. The molecule has 3 nitrogen and oxygen atoms in total. The number of rotatable bonds is 10. The summed E-state index contributed by atoms with van der Waals surface area (Å²) in [6.45, 7) is 6.23. The summed E-state index contributed by atoms with van der Waals surface area (Å²) in [5.41, 5.74) is 1.37. The summed E-state index contributed by atoms with van der Waals surface area (Å²) >= 11 is 0. The Kier molecular flexibility index (Phi) is 6.68. The van der Waals surface area contributed by atoms with Gasteiger partial charge in [0.2, 0.25) is 0 Å². The number of hydrogen-bond acceptors (Lipinski definition) is 3. The van der Waals surface area contributed by atoms with Crippen LogP contribution in [0.5, 0.6) is 0 Å². The molecule has 0 aromatic heterocycles. The van der Waals surface area contributed by atoms with Gasteiger partial charge in [-0.1, -0.05) is 37.3 Å². The normalized spacial score (nSPS) is 17.9. The minimum atomic E-state index is 0.404. The van der Waals surface area contributed by atoms with Crippen molar-refractivity contribution < 1.29 is 4.74 Å². The van der Waals surface area contributed by atoms with E-state index >= 15 is 0 Å². The lowest BCUT2D eigenvalue weighted by Gasteiger charge is -2.28. The minimum absolute atomic E-state index is 0.404. The van der Waals surface area contributed by atoms with Gasteiger partial charge < -0.3 is 15.0 Å². The van der Waals surface area contributed by atoms with Crippen LogP contribution in [0, 0.1) is 11.8 Å². The summed E-state index contributed by atoms with van der Waals surface area (Å²) in [5, 5.41) is 3.46. The molecule has 1 N–H and O–H groups in total. The van der Waals surface area contributed by atoms with Gasteiger partial charge in [0.05, 0.1) is 6.61 Å². The molecule has 3 heteroatoms. The van der Waals surface area contributed by atoms with Crippen molar-refractivity contribution in [1.29, 1.82) is 0 Å². The van der Waals surface area contributed by atoms with Crippen LogP contribution in [0.25, 0.3) is 0 Å². The predicted octanol–water partition coefficient (Wildman–Crippen LogP) is 2.94. The zero-order valence-electron chi connectivity index (χ0n) is 13.7. The van der Waals surface area contributed by atoms with Crippen LogP contribution >= 0.6 is 0 Å². The van der Waals surface area contributed by atoms with Crippen molar-refractivity contribution in [3.8, 4) is 0 Å². The molecule has 1 aliphatic carbocycles. The van der Waals surface area contributed by atoms with Gasteiger partial charge in [0, 0.05) is 25.7 Å². The second-order valence-electron chi connectivity index (χ2n) is 6.43. The smallest absolute Gasteiger partial charge is 0.0593 e. The van der Waals surface area contributed by atoms with Gasteiger partial charge in [-0.2, -0.15) is 0 Å². The van der Waals surface area contributed by atoms with Gasteiger partial charge in [-0.25, -0.2) is 0 Å². The quantitative estimate of drug-likeness (QED) is 0.671. The highest BCUT2D eigenvalue weighted by molar-refractivity contribution is 5.19. The number of benzene rings is 1. The molecule has 0 bridgehead atoms. The van der Waals surface area contributed by atoms with Crippen molar-refractivity contribution in [2.45, 2.75) is 25.8 Å². The SMILES string of the molecule is CNC(c1ccccc1)C(C)CN(C)CCOCC1CC1. The monoisotopic (exact) mass is 290 g/mol. The molecule has 1 aliphatic rings. The number of ether oxygens (including phenoxy) is 1. The standard InChI is InChI=1S/C18H30N2O/c1-15(18(19-2)17-7-5-4-6-8-17)13-20(3)11-12-21-14-16-9-10-16/h4-8,15-16,18-19H,9-14H2,1-3H3. The van der Waals surface area contributed by atoms with Gasteiger partial charge in [0.25, 0.3) is 0 Å². The zero-order valence-corrected chi connectivity index (χ0v) is 13.7. The second-order valence-corrected chi connectivity index (χ2v) is 6.43. The molecule has 1 fully saturated rings. The summed E-state index contributed by atoms with van der Waals surface area (Å²) in [7, 11) is 4.24. The first-order chi connectivity index (χ1) is 10.2. The molecule has 0 aliphatic heterocycles. The van der Waals surface area contributed by atoms with E-state index in [0.29, 0.717) is 12.0 Å². The molecule has 2 unspecified atom stereocenters. The lowest BCUT2D eigenvalue weighted by Crippen LogP contribution is -2.34. The van der Waals surface area contributed by atoms with Gasteiger partial charge >= 0.3 is 0 Å². The van der Waals surface area contributed by atoms with E-state index in [9.17, 15) is 0 Å². The fraction of sp³-hybridized carbons (Fsp3) is 0.667. The number of nitrogens with zero attached hydrogens (tertiary/aromatic N) is 1. The Balaban J connectivity index is 1.71. The first-order valence-electron chi connectivity index (χ1n) is 8.19. The van der Waals surface area contributed by atoms with Gasteiger partial charge in [-0.05, 0) is 44.3 Å². The average molecular weight is 290 g/mol. The highest BCUT2D eigenvalue weighted by Crippen LogP contribution is 2.28. The predicted molar refractivity (Wildman–Crippen MR) is 88.4 cm³/mol.